The van der Waals surface area contributed by atoms with Crippen LogP contribution in [0.4, 0.5) is 20.3 Å². The summed E-state index contributed by atoms with van der Waals surface area (Å²) in [5, 5.41) is 2.86. The highest BCUT2D eigenvalue weighted by atomic mass is 79.9. The van der Waals surface area contributed by atoms with Crippen LogP contribution in [0.1, 0.15) is 25.6 Å². The number of nitrogens with one attached hydrogen (secondary N) is 1. The molecule has 1 aromatic carbocycles. The van der Waals surface area contributed by atoms with Crippen LogP contribution in [0.15, 0.2) is 28.9 Å². The lowest BCUT2D eigenvalue weighted by Crippen LogP contribution is -2.02. The monoisotopic (exact) mass is 327 g/mol. The van der Waals surface area contributed by atoms with Gasteiger partial charge in [0.25, 0.3) is 0 Å². The van der Waals surface area contributed by atoms with Gasteiger partial charge in [-0.1, -0.05) is 13.8 Å². The molecule has 0 bridgehead atoms. The molecule has 1 N–H and O–H groups in total. The molecule has 0 aliphatic heterocycles. The van der Waals surface area contributed by atoms with Crippen LogP contribution in [0.3, 0.4) is 0 Å². The molecule has 1 heterocycles. The van der Waals surface area contributed by atoms with Crippen molar-refractivity contribution in [2.24, 2.45) is 0 Å². The molecule has 0 aliphatic rings. The summed E-state index contributed by atoms with van der Waals surface area (Å²) in [6.45, 7) is 3.93. The van der Waals surface area contributed by atoms with Crippen LogP contribution in [0, 0.1) is 11.6 Å². The zero-order valence-corrected chi connectivity index (χ0v) is 12.0. The van der Waals surface area contributed by atoms with Crippen LogP contribution < -0.4 is 5.32 Å². The molecule has 0 saturated carbocycles. The standard InChI is InChI=1S/C13H12BrF2N3/c1-7(2)13-18-11(14)6-12(19-13)17-10-4-8(15)3-9(16)5-10/h3-7H,1-2H3,(H,17,18,19). The van der Waals surface area contributed by atoms with E-state index in [4.69, 9.17) is 0 Å². The summed E-state index contributed by atoms with van der Waals surface area (Å²) < 4.78 is 26.8. The van der Waals surface area contributed by atoms with E-state index in [1.807, 2.05) is 13.8 Å². The molecular weight excluding hydrogens is 316 g/mol. The van der Waals surface area contributed by atoms with Crippen LogP contribution in [0.25, 0.3) is 0 Å². The third-order valence-corrected chi connectivity index (χ3v) is 2.77. The molecule has 0 spiro atoms. The summed E-state index contributed by atoms with van der Waals surface area (Å²) in [7, 11) is 0. The van der Waals surface area contributed by atoms with Crippen LogP contribution in [0.2, 0.25) is 0 Å². The molecular formula is C13H12BrF2N3. The Bertz CT molecular complexity index is 582. The van der Waals surface area contributed by atoms with E-state index >= 15 is 0 Å². The van der Waals surface area contributed by atoms with Gasteiger partial charge in [0.2, 0.25) is 0 Å². The third-order valence-electron chi connectivity index (χ3n) is 2.36. The van der Waals surface area contributed by atoms with Gasteiger partial charge in [0, 0.05) is 23.7 Å². The van der Waals surface area contributed by atoms with Gasteiger partial charge < -0.3 is 5.32 Å². The van der Waals surface area contributed by atoms with Crippen LogP contribution in [-0.2, 0) is 0 Å². The first-order valence-corrected chi connectivity index (χ1v) is 6.51. The second-order valence-corrected chi connectivity index (χ2v) is 5.18. The Kier molecular flexibility index (Phi) is 4.09. The predicted octanol–water partition coefficient (Wildman–Crippen LogP) is 4.38. The average molecular weight is 328 g/mol. The first-order chi connectivity index (χ1) is 8.94. The normalized spacial score (nSPS) is 10.8. The lowest BCUT2D eigenvalue weighted by atomic mass is 10.2. The number of anilines is 2. The van der Waals surface area contributed by atoms with Gasteiger partial charge in [-0.05, 0) is 28.1 Å². The molecule has 0 fully saturated rings. The van der Waals surface area contributed by atoms with Crippen molar-refractivity contribution < 1.29 is 8.78 Å². The second kappa shape index (κ2) is 5.61. The van der Waals surface area contributed by atoms with Gasteiger partial charge in [-0.25, -0.2) is 18.7 Å². The number of aromatic nitrogens is 2. The minimum Gasteiger partial charge on any atom is -0.340 e. The first kappa shape index (κ1) is 13.9. The van der Waals surface area contributed by atoms with Gasteiger partial charge in [-0.15, -0.1) is 0 Å². The smallest absolute Gasteiger partial charge is 0.135 e. The summed E-state index contributed by atoms with van der Waals surface area (Å²) in [6, 6.07) is 4.87. The van der Waals surface area contributed by atoms with E-state index in [0.717, 1.165) is 6.07 Å². The van der Waals surface area contributed by atoms with Crippen molar-refractivity contribution in [3.05, 3.63) is 46.3 Å². The van der Waals surface area contributed by atoms with Crippen LogP contribution >= 0.6 is 15.9 Å². The number of nitrogens with zero attached hydrogens (tertiary/aromatic N) is 2. The van der Waals surface area contributed by atoms with Gasteiger partial charge in [0.1, 0.15) is 27.9 Å². The summed E-state index contributed by atoms with van der Waals surface area (Å²) in [6.07, 6.45) is 0. The van der Waals surface area contributed by atoms with Crippen molar-refractivity contribution in [3.8, 4) is 0 Å². The highest BCUT2D eigenvalue weighted by molar-refractivity contribution is 9.10. The fraction of sp³-hybridized carbons (Fsp3) is 0.231. The van der Waals surface area contributed by atoms with Gasteiger partial charge in [0.15, 0.2) is 0 Å². The van der Waals surface area contributed by atoms with E-state index in [2.05, 4.69) is 31.2 Å². The number of hydrogen-bond donors (Lipinski definition) is 1. The molecule has 6 heteroatoms. The molecule has 2 rings (SSSR count). The fourth-order valence-corrected chi connectivity index (χ4v) is 1.93. The highest BCUT2D eigenvalue weighted by Crippen LogP contribution is 2.22. The minimum absolute atomic E-state index is 0.155. The average Bonchev–Trinajstić information content (AvgIpc) is 2.26. The first-order valence-electron chi connectivity index (χ1n) is 5.71. The van der Waals surface area contributed by atoms with Gasteiger partial charge in [0.05, 0.1) is 0 Å². The molecule has 100 valence electrons. The lowest BCUT2D eigenvalue weighted by molar-refractivity contribution is 0.584. The lowest BCUT2D eigenvalue weighted by Gasteiger charge is -2.10. The minimum atomic E-state index is -0.639. The number of halogens is 3. The van der Waals surface area contributed by atoms with Gasteiger partial charge >= 0.3 is 0 Å². The van der Waals surface area contributed by atoms with Gasteiger partial charge in [-0.2, -0.15) is 0 Å². The van der Waals surface area contributed by atoms with E-state index in [1.54, 1.807) is 6.07 Å². The second-order valence-electron chi connectivity index (χ2n) is 4.37. The topological polar surface area (TPSA) is 37.8 Å². The zero-order valence-electron chi connectivity index (χ0n) is 10.4. The third kappa shape index (κ3) is 3.70. The number of hydrogen-bond acceptors (Lipinski definition) is 3. The molecule has 19 heavy (non-hydrogen) atoms. The van der Waals surface area contributed by atoms with E-state index < -0.39 is 11.6 Å². The summed E-state index contributed by atoms with van der Waals surface area (Å²) in [5.74, 6) is 0.00558. The number of benzene rings is 1. The largest absolute Gasteiger partial charge is 0.340 e. The van der Waals surface area contributed by atoms with Crippen molar-refractivity contribution in [1.82, 2.24) is 9.97 Å². The maximum atomic E-state index is 13.1. The molecule has 0 saturated heterocycles. The van der Waals surface area contributed by atoms with Crippen molar-refractivity contribution in [3.63, 3.8) is 0 Å². The number of rotatable bonds is 3. The Labute approximate surface area is 118 Å². The van der Waals surface area contributed by atoms with Crippen LogP contribution in [0.5, 0.6) is 0 Å². The summed E-state index contributed by atoms with van der Waals surface area (Å²) in [4.78, 5) is 8.52. The van der Waals surface area contributed by atoms with Crippen LogP contribution in [-0.4, -0.2) is 9.97 Å². The maximum Gasteiger partial charge on any atom is 0.135 e. The fourth-order valence-electron chi connectivity index (χ4n) is 1.53. The van der Waals surface area contributed by atoms with Crippen molar-refractivity contribution in [1.29, 1.82) is 0 Å². The van der Waals surface area contributed by atoms with E-state index in [9.17, 15) is 8.78 Å². The Balaban J connectivity index is 2.32. The molecule has 1 aromatic heterocycles. The zero-order chi connectivity index (χ0) is 14.0. The maximum absolute atomic E-state index is 13.1. The van der Waals surface area contributed by atoms with Crippen molar-refractivity contribution in [2.75, 3.05) is 5.32 Å². The molecule has 0 amide bonds. The summed E-state index contributed by atoms with van der Waals surface area (Å²) in [5.41, 5.74) is 0.304. The van der Waals surface area contributed by atoms with Gasteiger partial charge in [-0.3, -0.25) is 0 Å². The molecule has 0 radical (unpaired) electrons. The molecule has 3 nitrogen and oxygen atoms in total. The van der Waals surface area contributed by atoms with Crippen molar-refractivity contribution >= 4 is 27.4 Å². The summed E-state index contributed by atoms with van der Waals surface area (Å²) >= 11 is 3.28. The molecule has 0 aliphatic carbocycles. The molecule has 0 unspecified atom stereocenters. The van der Waals surface area contributed by atoms with Crippen molar-refractivity contribution in [2.45, 2.75) is 19.8 Å². The van der Waals surface area contributed by atoms with E-state index in [0.29, 0.717) is 21.9 Å². The van der Waals surface area contributed by atoms with E-state index in [1.165, 1.54) is 12.1 Å². The molecule has 0 atom stereocenters. The Morgan fingerprint density at radius 1 is 1.05 bits per heavy atom. The quantitative estimate of drug-likeness (QED) is 0.850. The highest BCUT2D eigenvalue weighted by Gasteiger charge is 2.08. The Hall–Kier alpha value is -1.56. The van der Waals surface area contributed by atoms with E-state index in [-0.39, 0.29) is 5.92 Å². The Morgan fingerprint density at radius 2 is 1.68 bits per heavy atom. The molecule has 2 aromatic rings. The Morgan fingerprint density at radius 3 is 2.26 bits per heavy atom. The predicted molar refractivity (Wildman–Crippen MR) is 73.5 cm³/mol. The SMILES string of the molecule is CC(C)c1nc(Br)cc(Nc2cc(F)cc(F)c2)n1.